The quantitative estimate of drug-likeness (QED) is 0.424. The topological polar surface area (TPSA) is 0 Å². The average Bonchev–Trinajstić information content (AvgIpc) is 2.34. The van der Waals surface area contributed by atoms with Gasteiger partial charge in [-0.05, 0) is 0 Å². The minimum absolute atomic E-state index is 0. The van der Waals surface area contributed by atoms with Crippen LogP contribution in [0, 0.1) is 0 Å². The van der Waals surface area contributed by atoms with Crippen molar-refractivity contribution in [2.75, 3.05) is 0 Å². The molecular weight excluding hydrogens is 207 g/mol. The molecule has 88 valence electrons. The standard InChI is InChI=1S/C8H17.C7H7.Al.H/c1-3-5-7-8-6-4-2;1-7-5-3-2-4-6-7;;/h1,3-8H2,2H3;2-6H,1H2;;/q;;+1;-1. The summed E-state index contributed by atoms with van der Waals surface area (Å²) in [6.45, 7) is 2.28. The van der Waals surface area contributed by atoms with Crippen LogP contribution in [0.1, 0.15) is 52.4 Å². The fourth-order valence-electron chi connectivity index (χ4n) is 1.95. The van der Waals surface area contributed by atoms with Crippen molar-refractivity contribution < 1.29 is 1.43 Å². The number of rotatable bonds is 9. The predicted molar refractivity (Wildman–Crippen MR) is 75.2 cm³/mol. The summed E-state index contributed by atoms with van der Waals surface area (Å²) in [5, 5.41) is 2.83. The van der Waals surface area contributed by atoms with E-state index in [9.17, 15) is 0 Å². The van der Waals surface area contributed by atoms with Gasteiger partial charge in [0.25, 0.3) is 0 Å². The largest absolute Gasteiger partial charge is 1.00 e. The number of hydrogen-bond donors (Lipinski definition) is 0. The molecule has 0 spiro atoms. The van der Waals surface area contributed by atoms with Crippen molar-refractivity contribution in [3.63, 3.8) is 0 Å². The molecule has 0 aliphatic carbocycles. The van der Waals surface area contributed by atoms with Crippen LogP contribution >= 0.6 is 0 Å². The monoisotopic (exact) mass is 232 g/mol. The summed E-state index contributed by atoms with van der Waals surface area (Å²) in [6, 6.07) is 10.9. The van der Waals surface area contributed by atoms with Crippen molar-refractivity contribution in [1.82, 2.24) is 0 Å². The van der Waals surface area contributed by atoms with Crippen molar-refractivity contribution in [2.45, 2.75) is 56.0 Å². The zero-order valence-corrected chi connectivity index (χ0v) is 11.8. The van der Waals surface area contributed by atoms with E-state index < -0.39 is 0 Å². The van der Waals surface area contributed by atoms with E-state index in [1.54, 1.807) is 0 Å². The van der Waals surface area contributed by atoms with Gasteiger partial charge in [-0.1, -0.05) is 0 Å². The molecule has 0 fully saturated rings. The van der Waals surface area contributed by atoms with Crippen LogP contribution in [0.3, 0.4) is 0 Å². The van der Waals surface area contributed by atoms with Gasteiger partial charge < -0.3 is 1.43 Å². The first-order valence-electron chi connectivity index (χ1n) is 6.79. The van der Waals surface area contributed by atoms with Gasteiger partial charge in [-0.3, -0.25) is 0 Å². The molecule has 0 radical (unpaired) electrons. The van der Waals surface area contributed by atoms with E-state index in [1.807, 2.05) is 0 Å². The second-order valence-corrected chi connectivity index (χ2v) is 6.10. The smallest absolute Gasteiger partial charge is 1.00 e. The SMILES string of the molecule is CCCCCCC[CH2][Al+][CH2]c1ccccc1.[H-]. The van der Waals surface area contributed by atoms with Gasteiger partial charge in [0.1, 0.15) is 0 Å². The first-order chi connectivity index (χ1) is 7.93. The van der Waals surface area contributed by atoms with Crippen LogP contribution in [0.25, 0.3) is 0 Å². The number of hydrogen-bond acceptors (Lipinski definition) is 0. The van der Waals surface area contributed by atoms with Crippen molar-refractivity contribution in [3.05, 3.63) is 35.9 Å². The third-order valence-corrected chi connectivity index (χ3v) is 4.56. The zero-order chi connectivity index (χ0) is 11.5. The summed E-state index contributed by atoms with van der Waals surface area (Å²) in [7, 11) is 0. The van der Waals surface area contributed by atoms with Gasteiger partial charge >= 0.3 is 107 Å². The fraction of sp³-hybridized carbons (Fsp3) is 0.600. The third-order valence-electron chi connectivity index (χ3n) is 2.98. The minimum atomic E-state index is 0. The van der Waals surface area contributed by atoms with Crippen LogP contribution in [0.2, 0.25) is 5.28 Å². The molecule has 0 aliphatic rings. The Balaban J connectivity index is 0.00000256. The molecule has 0 saturated carbocycles. The van der Waals surface area contributed by atoms with E-state index in [0.717, 1.165) is 0 Å². The van der Waals surface area contributed by atoms with Gasteiger partial charge in [0.05, 0.1) is 0 Å². The molecule has 0 atom stereocenters. The van der Waals surface area contributed by atoms with Crippen LogP contribution in [0.15, 0.2) is 30.3 Å². The fourth-order valence-corrected chi connectivity index (χ4v) is 3.34. The van der Waals surface area contributed by atoms with Gasteiger partial charge in [-0.2, -0.15) is 0 Å². The molecule has 16 heavy (non-hydrogen) atoms. The molecule has 0 N–H and O–H groups in total. The van der Waals surface area contributed by atoms with Gasteiger partial charge in [0.2, 0.25) is 0 Å². The van der Waals surface area contributed by atoms with Gasteiger partial charge in [-0.15, -0.1) is 0 Å². The van der Waals surface area contributed by atoms with Crippen LogP contribution in [0.4, 0.5) is 0 Å². The number of benzene rings is 1. The summed E-state index contributed by atoms with van der Waals surface area (Å²) in [4.78, 5) is 0. The molecular formula is C15H25Al. The van der Waals surface area contributed by atoms with E-state index in [-0.39, 0.29) is 1.43 Å². The Kier molecular flexibility index (Phi) is 8.58. The molecule has 1 rings (SSSR count). The van der Waals surface area contributed by atoms with E-state index in [0.29, 0.717) is 15.2 Å². The van der Waals surface area contributed by atoms with Gasteiger partial charge in [-0.25, -0.2) is 0 Å². The van der Waals surface area contributed by atoms with E-state index in [1.165, 1.54) is 54.7 Å². The Bertz CT molecular complexity index is 248. The Morgan fingerprint density at radius 2 is 1.62 bits per heavy atom. The van der Waals surface area contributed by atoms with Gasteiger partial charge in [0, 0.05) is 0 Å². The second-order valence-electron chi connectivity index (χ2n) is 4.53. The molecule has 1 aromatic rings. The van der Waals surface area contributed by atoms with Crippen molar-refractivity contribution in [1.29, 1.82) is 0 Å². The first-order valence-corrected chi connectivity index (χ1v) is 8.42. The minimum Gasteiger partial charge on any atom is -1.00 e. The predicted octanol–water partition coefficient (Wildman–Crippen LogP) is 4.78. The van der Waals surface area contributed by atoms with E-state index >= 15 is 0 Å². The summed E-state index contributed by atoms with van der Waals surface area (Å²) < 4.78 is 0. The molecule has 0 nitrogen and oxygen atoms in total. The number of unbranched alkanes of at least 4 members (excludes halogenated alkanes) is 5. The van der Waals surface area contributed by atoms with Crippen molar-refractivity contribution in [3.8, 4) is 0 Å². The first kappa shape index (κ1) is 13.8. The molecule has 0 aromatic heterocycles. The molecule has 0 bridgehead atoms. The van der Waals surface area contributed by atoms with Crippen LogP contribution < -0.4 is 0 Å². The summed E-state index contributed by atoms with van der Waals surface area (Å²) in [6.07, 6.45) is 8.62. The Labute approximate surface area is 109 Å². The van der Waals surface area contributed by atoms with Crippen LogP contribution in [-0.2, 0) is 5.28 Å². The molecule has 0 saturated heterocycles. The van der Waals surface area contributed by atoms with Crippen molar-refractivity contribution >= 4 is 15.2 Å². The van der Waals surface area contributed by atoms with E-state index in [4.69, 9.17) is 0 Å². The average molecular weight is 232 g/mol. The molecule has 0 unspecified atom stereocenters. The normalized spacial score (nSPS) is 10.1. The van der Waals surface area contributed by atoms with E-state index in [2.05, 4.69) is 37.3 Å². The van der Waals surface area contributed by atoms with Crippen LogP contribution in [-0.4, -0.2) is 15.2 Å². The molecule has 0 aliphatic heterocycles. The zero-order valence-electron chi connectivity index (χ0n) is 11.6. The maximum Gasteiger partial charge on any atom is -1.00 e. The maximum atomic E-state index is 2.28. The Hall–Kier alpha value is -0.248. The Morgan fingerprint density at radius 3 is 2.38 bits per heavy atom. The van der Waals surface area contributed by atoms with Crippen LogP contribution in [0.5, 0.6) is 0 Å². The molecule has 0 heterocycles. The second kappa shape index (κ2) is 9.94. The Morgan fingerprint density at radius 1 is 0.938 bits per heavy atom. The maximum absolute atomic E-state index is 2.28. The van der Waals surface area contributed by atoms with Gasteiger partial charge in [0.15, 0.2) is 0 Å². The third kappa shape index (κ3) is 7.10. The molecule has 1 aromatic carbocycles. The summed E-state index contributed by atoms with van der Waals surface area (Å²) >= 11 is 0.648. The van der Waals surface area contributed by atoms with Crippen molar-refractivity contribution in [2.24, 2.45) is 0 Å². The summed E-state index contributed by atoms with van der Waals surface area (Å²) in [5.41, 5.74) is 1.53. The summed E-state index contributed by atoms with van der Waals surface area (Å²) in [5.74, 6) is 0. The molecule has 1 heteroatoms. The molecule has 0 amide bonds.